The van der Waals surface area contributed by atoms with Crippen LogP contribution in [0.2, 0.25) is 0 Å². The van der Waals surface area contributed by atoms with Crippen molar-refractivity contribution in [3.05, 3.63) is 76.4 Å². The van der Waals surface area contributed by atoms with Crippen LogP contribution in [0.5, 0.6) is 0 Å². The van der Waals surface area contributed by atoms with Crippen molar-refractivity contribution in [1.29, 1.82) is 0 Å². The summed E-state index contributed by atoms with van der Waals surface area (Å²) in [5.41, 5.74) is 7.91. The summed E-state index contributed by atoms with van der Waals surface area (Å²) in [5, 5.41) is 4.21. The number of nitrogens with zero attached hydrogens (tertiary/aromatic N) is 2. The van der Waals surface area contributed by atoms with Crippen molar-refractivity contribution in [3.8, 4) is 22.8 Å². The number of aromatic nitrogens is 2. The molecule has 3 aromatic rings. The number of carbonyl (C=O) groups is 1. The van der Waals surface area contributed by atoms with Crippen LogP contribution in [0.4, 0.5) is 0 Å². The molecular formula is C27H28N2O4. The van der Waals surface area contributed by atoms with Crippen LogP contribution in [0, 0.1) is 0 Å². The number of rotatable bonds is 7. The van der Waals surface area contributed by atoms with Crippen LogP contribution in [-0.2, 0) is 22.5 Å². The van der Waals surface area contributed by atoms with Gasteiger partial charge in [-0.3, -0.25) is 0 Å². The van der Waals surface area contributed by atoms with Crippen molar-refractivity contribution < 1.29 is 18.8 Å². The van der Waals surface area contributed by atoms with Gasteiger partial charge in [0.05, 0.1) is 19.3 Å². The molecule has 1 aliphatic carbocycles. The SMILES string of the molecule is CCc1ccc(C(=O)OC)cc1-c1noc(-c2ccc(C3=C(C)CCC=C3)c(COC)c2)n1. The molecule has 0 bridgehead atoms. The second-order valence-corrected chi connectivity index (χ2v) is 8.08. The number of benzene rings is 2. The third kappa shape index (κ3) is 4.66. The largest absolute Gasteiger partial charge is 0.465 e. The molecule has 2 aromatic carbocycles. The summed E-state index contributed by atoms with van der Waals surface area (Å²) in [5.74, 6) is 0.465. The van der Waals surface area contributed by atoms with Gasteiger partial charge in [-0.2, -0.15) is 4.98 Å². The van der Waals surface area contributed by atoms with E-state index in [1.165, 1.54) is 18.3 Å². The fraction of sp³-hybridized carbons (Fsp3) is 0.296. The summed E-state index contributed by atoms with van der Waals surface area (Å²) in [4.78, 5) is 16.6. The molecule has 1 aliphatic rings. The first-order chi connectivity index (χ1) is 16.0. The van der Waals surface area contributed by atoms with Gasteiger partial charge >= 0.3 is 5.97 Å². The van der Waals surface area contributed by atoms with E-state index in [1.807, 2.05) is 25.1 Å². The van der Waals surface area contributed by atoms with Gasteiger partial charge in [-0.1, -0.05) is 41.9 Å². The molecule has 0 N–H and O–H groups in total. The van der Waals surface area contributed by atoms with Crippen LogP contribution in [0.1, 0.15) is 53.7 Å². The molecule has 6 nitrogen and oxygen atoms in total. The first kappa shape index (κ1) is 22.7. The minimum absolute atomic E-state index is 0.399. The topological polar surface area (TPSA) is 74.5 Å². The minimum atomic E-state index is -0.399. The van der Waals surface area contributed by atoms with E-state index in [-0.39, 0.29) is 0 Å². The average molecular weight is 445 g/mol. The van der Waals surface area contributed by atoms with E-state index in [9.17, 15) is 4.79 Å². The Morgan fingerprint density at radius 2 is 1.94 bits per heavy atom. The average Bonchev–Trinajstić information content (AvgIpc) is 3.34. The maximum absolute atomic E-state index is 12.0. The van der Waals surface area contributed by atoms with Crippen molar-refractivity contribution in [2.75, 3.05) is 14.2 Å². The lowest BCUT2D eigenvalue weighted by molar-refractivity contribution is 0.0600. The number of ether oxygens (including phenoxy) is 2. The van der Waals surface area contributed by atoms with Gasteiger partial charge < -0.3 is 14.0 Å². The number of esters is 1. The molecule has 0 saturated carbocycles. The Hall–Kier alpha value is -3.51. The third-order valence-corrected chi connectivity index (χ3v) is 5.95. The van der Waals surface area contributed by atoms with Gasteiger partial charge in [-0.25, -0.2) is 4.79 Å². The maximum atomic E-state index is 12.0. The van der Waals surface area contributed by atoms with Crippen molar-refractivity contribution in [2.24, 2.45) is 0 Å². The first-order valence-electron chi connectivity index (χ1n) is 11.1. The van der Waals surface area contributed by atoms with Crippen LogP contribution in [0.15, 0.2) is 58.6 Å². The molecule has 0 unspecified atom stereocenters. The van der Waals surface area contributed by atoms with Crippen LogP contribution >= 0.6 is 0 Å². The van der Waals surface area contributed by atoms with Crippen LogP contribution in [0.3, 0.4) is 0 Å². The van der Waals surface area contributed by atoms with Gasteiger partial charge in [-0.15, -0.1) is 0 Å². The van der Waals surface area contributed by atoms with Crippen molar-refractivity contribution in [1.82, 2.24) is 10.1 Å². The van der Waals surface area contributed by atoms with Crippen molar-refractivity contribution in [3.63, 3.8) is 0 Å². The Balaban J connectivity index is 1.73. The summed E-state index contributed by atoms with van der Waals surface area (Å²) in [6.07, 6.45) is 7.32. The molecule has 0 fully saturated rings. The van der Waals surface area contributed by atoms with Gasteiger partial charge in [0.1, 0.15) is 0 Å². The lowest BCUT2D eigenvalue weighted by Crippen LogP contribution is -2.02. The molecule has 0 aliphatic heterocycles. The Morgan fingerprint density at radius 3 is 2.67 bits per heavy atom. The highest BCUT2D eigenvalue weighted by Gasteiger charge is 2.18. The van der Waals surface area contributed by atoms with Crippen LogP contribution in [-0.4, -0.2) is 30.3 Å². The predicted octanol–water partition coefficient (Wildman–Crippen LogP) is 6.02. The summed E-state index contributed by atoms with van der Waals surface area (Å²) in [6.45, 7) is 4.71. The molecular weight excluding hydrogens is 416 g/mol. The summed E-state index contributed by atoms with van der Waals surface area (Å²) >= 11 is 0. The van der Waals surface area contributed by atoms with Crippen LogP contribution < -0.4 is 0 Å². The van der Waals surface area contributed by atoms with Crippen LogP contribution in [0.25, 0.3) is 28.4 Å². The minimum Gasteiger partial charge on any atom is -0.465 e. The lowest BCUT2D eigenvalue weighted by Gasteiger charge is -2.17. The Bertz CT molecular complexity index is 1240. The monoisotopic (exact) mass is 444 g/mol. The zero-order valence-corrected chi connectivity index (χ0v) is 19.5. The van der Waals surface area contributed by atoms with E-state index >= 15 is 0 Å². The molecule has 0 spiro atoms. The second kappa shape index (κ2) is 9.96. The highest BCUT2D eigenvalue weighted by Crippen LogP contribution is 2.33. The normalized spacial score (nSPS) is 13.5. The Morgan fingerprint density at radius 1 is 1.09 bits per heavy atom. The Kier molecular flexibility index (Phi) is 6.84. The molecule has 6 heteroatoms. The van der Waals surface area contributed by atoms with E-state index < -0.39 is 5.97 Å². The van der Waals surface area contributed by atoms with Gasteiger partial charge in [-0.05, 0) is 72.7 Å². The summed E-state index contributed by atoms with van der Waals surface area (Å²) in [6, 6.07) is 11.5. The van der Waals surface area contributed by atoms with Gasteiger partial charge in [0.2, 0.25) is 5.82 Å². The standard InChI is InChI=1S/C27H28N2O4/c1-5-18-10-11-20(27(30)32-4)15-24(18)25-28-26(33-29-25)19-12-13-23(21(14-19)16-31-3)22-9-7-6-8-17(22)2/h7,9-15H,5-6,8,16H2,1-4H3. The molecule has 170 valence electrons. The smallest absolute Gasteiger partial charge is 0.337 e. The summed E-state index contributed by atoms with van der Waals surface area (Å²) < 4.78 is 16.0. The van der Waals surface area contributed by atoms with Crippen molar-refractivity contribution in [2.45, 2.75) is 39.7 Å². The number of hydrogen-bond donors (Lipinski definition) is 0. The van der Waals surface area contributed by atoms with E-state index in [0.29, 0.717) is 23.9 Å². The lowest BCUT2D eigenvalue weighted by atomic mass is 9.90. The first-order valence-corrected chi connectivity index (χ1v) is 11.1. The predicted molar refractivity (Wildman–Crippen MR) is 128 cm³/mol. The fourth-order valence-electron chi connectivity index (χ4n) is 4.15. The van der Waals surface area contributed by atoms with Crippen molar-refractivity contribution >= 4 is 11.5 Å². The summed E-state index contributed by atoms with van der Waals surface area (Å²) in [7, 11) is 3.06. The highest BCUT2D eigenvalue weighted by atomic mass is 16.5. The van der Waals surface area contributed by atoms with E-state index in [4.69, 9.17) is 14.0 Å². The number of methoxy groups -OCH3 is 2. The number of allylic oxidation sites excluding steroid dienone is 4. The maximum Gasteiger partial charge on any atom is 0.337 e. The molecule has 33 heavy (non-hydrogen) atoms. The molecule has 0 atom stereocenters. The second-order valence-electron chi connectivity index (χ2n) is 8.08. The number of carbonyl (C=O) groups excluding carboxylic acids is 1. The fourth-order valence-corrected chi connectivity index (χ4v) is 4.15. The molecule has 1 aromatic heterocycles. The zero-order chi connectivity index (χ0) is 23.4. The Labute approximate surface area is 193 Å². The molecule has 1 heterocycles. The van der Waals surface area contributed by atoms with E-state index in [0.717, 1.165) is 47.1 Å². The molecule has 4 rings (SSSR count). The molecule has 0 saturated heterocycles. The molecule has 0 radical (unpaired) electrons. The number of hydrogen-bond acceptors (Lipinski definition) is 6. The molecule has 0 amide bonds. The highest BCUT2D eigenvalue weighted by molar-refractivity contribution is 5.91. The van der Waals surface area contributed by atoms with E-state index in [1.54, 1.807) is 19.2 Å². The van der Waals surface area contributed by atoms with Gasteiger partial charge in [0, 0.05) is 18.2 Å². The third-order valence-electron chi connectivity index (χ3n) is 5.95. The quantitative estimate of drug-likeness (QED) is 0.415. The number of aryl methyl sites for hydroxylation is 1. The van der Waals surface area contributed by atoms with E-state index in [2.05, 4.69) is 35.3 Å². The van der Waals surface area contributed by atoms with Gasteiger partial charge in [0.15, 0.2) is 0 Å². The van der Waals surface area contributed by atoms with Gasteiger partial charge in [0.25, 0.3) is 5.89 Å². The zero-order valence-electron chi connectivity index (χ0n) is 19.5.